The average Bonchev–Trinajstić information content (AvgIpc) is 2.25. The van der Waals surface area contributed by atoms with Gasteiger partial charge in [-0.25, -0.2) is 0 Å². The van der Waals surface area contributed by atoms with E-state index >= 15 is 0 Å². The highest BCUT2D eigenvalue weighted by molar-refractivity contribution is 5.48. The molecule has 0 unspecified atom stereocenters. The predicted octanol–water partition coefficient (Wildman–Crippen LogP) is 1.92. The molecule has 1 aromatic rings. The molecule has 16 heavy (non-hydrogen) atoms. The minimum Gasteiger partial charge on any atom is -0.490 e. The van der Waals surface area contributed by atoms with Crippen LogP contribution in [0.25, 0.3) is 0 Å². The van der Waals surface area contributed by atoms with E-state index in [1.54, 1.807) is 19.1 Å². The lowest BCUT2D eigenvalue weighted by Gasteiger charge is -2.06. The first-order chi connectivity index (χ1) is 7.54. The SMILES string of the molecule is COc1ccc(CC[C@@H](C)O)cc1[N+](=O)[O-]. The molecule has 0 heterocycles. The second kappa shape index (κ2) is 5.46. The van der Waals surface area contributed by atoms with Gasteiger partial charge in [0.05, 0.1) is 18.1 Å². The number of ether oxygens (including phenoxy) is 1. The normalized spacial score (nSPS) is 12.2. The number of rotatable bonds is 5. The molecule has 0 fully saturated rings. The van der Waals surface area contributed by atoms with Crippen LogP contribution >= 0.6 is 0 Å². The number of nitrogens with zero attached hydrogens (tertiary/aromatic N) is 1. The lowest BCUT2D eigenvalue weighted by atomic mass is 10.1. The molecule has 1 rings (SSSR count). The van der Waals surface area contributed by atoms with Crippen molar-refractivity contribution in [3.8, 4) is 5.75 Å². The molecule has 0 bridgehead atoms. The number of hydrogen-bond acceptors (Lipinski definition) is 4. The van der Waals surface area contributed by atoms with Gasteiger partial charge in [-0.15, -0.1) is 0 Å². The van der Waals surface area contributed by atoms with Crippen LogP contribution in [0.5, 0.6) is 5.75 Å². The summed E-state index contributed by atoms with van der Waals surface area (Å²) in [5.74, 6) is 0.255. The zero-order valence-electron chi connectivity index (χ0n) is 9.34. The molecule has 5 nitrogen and oxygen atoms in total. The molecular formula is C11H15NO4. The fourth-order valence-corrected chi connectivity index (χ4v) is 1.41. The topological polar surface area (TPSA) is 72.6 Å². The van der Waals surface area contributed by atoms with Crippen molar-refractivity contribution in [1.82, 2.24) is 0 Å². The Bertz CT molecular complexity index is 376. The van der Waals surface area contributed by atoms with Gasteiger partial charge in [-0.2, -0.15) is 0 Å². The standard InChI is InChI=1S/C11H15NO4/c1-8(13)3-4-9-5-6-11(16-2)10(7-9)12(14)15/h5-8,13H,3-4H2,1-2H3/t8-/m1/s1. The van der Waals surface area contributed by atoms with Gasteiger partial charge in [-0.05, 0) is 31.4 Å². The fourth-order valence-electron chi connectivity index (χ4n) is 1.41. The zero-order valence-corrected chi connectivity index (χ0v) is 9.34. The summed E-state index contributed by atoms with van der Waals surface area (Å²) < 4.78 is 4.90. The van der Waals surface area contributed by atoms with E-state index in [0.29, 0.717) is 12.8 Å². The quantitative estimate of drug-likeness (QED) is 0.613. The largest absolute Gasteiger partial charge is 0.490 e. The Morgan fingerprint density at radius 2 is 2.25 bits per heavy atom. The Hall–Kier alpha value is -1.62. The minimum absolute atomic E-state index is 0.0365. The van der Waals surface area contributed by atoms with Crippen LogP contribution in [0, 0.1) is 10.1 Å². The first-order valence-electron chi connectivity index (χ1n) is 5.04. The number of hydrogen-bond donors (Lipinski definition) is 1. The van der Waals surface area contributed by atoms with E-state index in [1.807, 2.05) is 0 Å². The summed E-state index contributed by atoms with van der Waals surface area (Å²) in [5, 5.41) is 19.9. The monoisotopic (exact) mass is 225 g/mol. The third-order valence-electron chi connectivity index (χ3n) is 2.29. The van der Waals surface area contributed by atoms with Gasteiger partial charge in [0.1, 0.15) is 0 Å². The van der Waals surface area contributed by atoms with Gasteiger partial charge in [0, 0.05) is 6.07 Å². The van der Waals surface area contributed by atoms with Crippen LogP contribution in [-0.4, -0.2) is 23.2 Å². The molecule has 0 saturated carbocycles. The molecule has 0 radical (unpaired) electrons. The minimum atomic E-state index is -0.468. The summed E-state index contributed by atoms with van der Waals surface area (Å²) in [5.41, 5.74) is 0.791. The summed E-state index contributed by atoms with van der Waals surface area (Å²) >= 11 is 0. The molecule has 1 N–H and O–H groups in total. The summed E-state index contributed by atoms with van der Waals surface area (Å²) in [7, 11) is 1.40. The van der Waals surface area contributed by atoms with Crippen LogP contribution < -0.4 is 4.74 Å². The first kappa shape index (κ1) is 12.4. The van der Waals surface area contributed by atoms with E-state index in [1.165, 1.54) is 13.2 Å². The molecule has 0 aliphatic rings. The molecule has 88 valence electrons. The number of aliphatic hydroxyl groups is 1. The van der Waals surface area contributed by atoms with Crippen LogP contribution in [0.2, 0.25) is 0 Å². The maximum absolute atomic E-state index is 10.7. The lowest BCUT2D eigenvalue weighted by Crippen LogP contribution is -2.02. The summed E-state index contributed by atoms with van der Waals surface area (Å²) in [4.78, 5) is 10.3. The van der Waals surface area contributed by atoms with Gasteiger partial charge in [0.25, 0.3) is 0 Å². The van der Waals surface area contributed by atoms with Gasteiger partial charge in [0.15, 0.2) is 5.75 Å². The number of aliphatic hydroxyl groups excluding tert-OH is 1. The molecular weight excluding hydrogens is 210 g/mol. The molecule has 0 saturated heterocycles. The van der Waals surface area contributed by atoms with E-state index in [0.717, 1.165) is 5.56 Å². The Morgan fingerprint density at radius 3 is 2.75 bits per heavy atom. The maximum Gasteiger partial charge on any atom is 0.311 e. The van der Waals surface area contributed by atoms with Gasteiger partial charge in [-0.1, -0.05) is 6.07 Å². The number of nitro benzene ring substituents is 1. The van der Waals surface area contributed by atoms with Gasteiger partial charge >= 0.3 is 5.69 Å². The van der Waals surface area contributed by atoms with Crippen molar-refractivity contribution in [2.45, 2.75) is 25.9 Å². The van der Waals surface area contributed by atoms with Gasteiger partial charge in [0.2, 0.25) is 0 Å². The van der Waals surface area contributed by atoms with Crippen molar-refractivity contribution in [2.75, 3.05) is 7.11 Å². The van der Waals surface area contributed by atoms with Crippen LogP contribution in [0.1, 0.15) is 18.9 Å². The Labute approximate surface area is 93.8 Å². The number of benzene rings is 1. The molecule has 0 aromatic heterocycles. The van der Waals surface area contributed by atoms with E-state index in [2.05, 4.69) is 0 Å². The molecule has 0 aliphatic heterocycles. The molecule has 0 aliphatic carbocycles. The summed E-state index contributed by atoms with van der Waals surface area (Å²) in [6.45, 7) is 1.69. The molecule has 1 atom stereocenters. The number of nitro groups is 1. The van der Waals surface area contributed by atoms with E-state index in [9.17, 15) is 10.1 Å². The third kappa shape index (κ3) is 3.20. The van der Waals surface area contributed by atoms with Crippen LogP contribution in [0.15, 0.2) is 18.2 Å². The fraction of sp³-hybridized carbons (Fsp3) is 0.455. The third-order valence-corrected chi connectivity index (χ3v) is 2.29. The Morgan fingerprint density at radius 1 is 1.56 bits per heavy atom. The van der Waals surface area contributed by atoms with E-state index in [-0.39, 0.29) is 11.4 Å². The zero-order chi connectivity index (χ0) is 12.1. The van der Waals surface area contributed by atoms with Crippen molar-refractivity contribution in [3.63, 3.8) is 0 Å². The van der Waals surface area contributed by atoms with E-state index < -0.39 is 11.0 Å². The second-order valence-corrected chi connectivity index (χ2v) is 3.65. The number of aryl methyl sites for hydroxylation is 1. The second-order valence-electron chi connectivity index (χ2n) is 3.65. The van der Waals surface area contributed by atoms with Crippen LogP contribution in [-0.2, 0) is 6.42 Å². The van der Waals surface area contributed by atoms with Crippen molar-refractivity contribution in [2.24, 2.45) is 0 Å². The van der Waals surface area contributed by atoms with Crippen molar-refractivity contribution in [1.29, 1.82) is 0 Å². The van der Waals surface area contributed by atoms with Gasteiger partial charge < -0.3 is 9.84 Å². The van der Waals surface area contributed by atoms with E-state index in [4.69, 9.17) is 9.84 Å². The maximum atomic E-state index is 10.7. The van der Waals surface area contributed by atoms with Crippen molar-refractivity contribution >= 4 is 5.69 Å². The predicted molar refractivity (Wildman–Crippen MR) is 59.7 cm³/mol. The van der Waals surface area contributed by atoms with Crippen molar-refractivity contribution < 1.29 is 14.8 Å². The molecule has 0 spiro atoms. The number of methoxy groups -OCH3 is 1. The summed E-state index contributed by atoms with van der Waals surface area (Å²) in [6, 6.07) is 4.84. The van der Waals surface area contributed by atoms with Crippen LogP contribution in [0.4, 0.5) is 5.69 Å². The van der Waals surface area contributed by atoms with Crippen molar-refractivity contribution in [3.05, 3.63) is 33.9 Å². The highest BCUT2D eigenvalue weighted by Gasteiger charge is 2.14. The summed E-state index contributed by atoms with van der Waals surface area (Å²) in [6.07, 6.45) is 0.799. The molecule has 0 amide bonds. The first-order valence-corrected chi connectivity index (χ1v) is 5.04. The highest BCUT2D eigenvalue weighted by atomic mass is 16.6. The molecule has 1 aromatic carbocycles. The Kier molecular flexibility index (Phi) is 4.25. The smallest absolute Gasteiger partial charge is 0.311 e. The Balaban J connectivity index is 2.89. The lowest BCUT2D eigenvalue weighted by molar-refractivity contribution is -0.385. The highest BCUT2D eigenvalue weighted by Crippen LogP contribution is 2.27. The van der Waals surface area contributed by atoms with Gasteiger partial charge in [-0.3, -0.25) is 10.1 Å². The van der Waals surface area contributed by atoms with Crippen LogP contribution in [0.3, 0.4) is 0 Å². The average molecular weight is 225 g/mol. The molecule has 5 heteroatoms.